The quantitative estimate of drug-likeness (QED) is 0.196. The predicted molar refractivity (Wildman–Crippen MR) is 110 cm³/mol. The lowest BCUT2D eigenvalue weighted by Gasteiger charge is -2.46. The first-order chi connectivity index (χ1) is 13.4. The molecule has 0 spiro atoms. The highest BCUT2D eigenvalue weighted by molar-refractivity contribution is 5.69. The van der Waals surface area contributed by atoms with Crippen LogP contribution >= 0.6 is 0 Å². The molecule has 0 aromatic rings. The summed E-state index contributed by atoms with van der Waals surface area (Å²) in [5.41, 5.74) is 0. The number of unbranched alkanes of at least 4 members (excludes halogenated alkanes) is 4. The van der Waals surface area contributed by atoms with Gasteiger partial charge >= 0.3 is 0 Å². The van der Waals surface area contributed by atoms with Gasteiger partial charge in [-0.05, 0) is 12.8 Å². The van der Waals surface area contributed by atoms with Crippen molar-refractivity contribution in [3.8, 4) is 0 Å². The van der Waals surface area contributed by atoms with Crippen LogP contribution in [-0.4, -0.2) is 70.3 Å². The van der Waals surface area contributed by atoms with Crippen LogP contribution in [0.4, 0.5) is 0 Å². The second-order valence-electron chi connectivity index (χ2n) is 7.55. The highest BCUT2D eigenvalue weighted by atomic mass is 16.4. The number of aliphatic hydroxyl groups excluding tert-OH is 3. The van der Waals surface area contributed by atoms with Crippen molar-refractivity contribution in [3.05, 3.63) is 24.3 Å². The van der Waals surface area contributed by atoms with Gasteiger partial charge in [-0.1, -0.05) is 70.8 Å². The highest BCUT2D eigenvalue weighted by Gasteiger charge is 2.39. The van der Waals surface area contributed by atoms with E-state index in [1.807, 2.05) is 12.2 Å². The first kappa shape index (κ1) is 26.8. The van der Waals surface area contributed by atoms with Crippen molar-refractivity contribution < 1.29 is 29.7 Å². The number of carbonyl (C=O) groups is 1. The van der Waals surface area contributed by atoms with Crippen LogP contribution < -0.4 is 5.11 Å². The van der Waals surface area contributed by atoms with E-state index in [0.29, 0.717) is 6.42 Å². The summed E-state index contributed by atoms with van der Waals surface area (Å²) in [6, 6.07) is -0.912. The van der Waals surface area contributed by atoms with Crippen LogP contribution in [0.3, 0.4) is 0 Å². The molecule has 164 valence electrons. The molecule has 0 aliphatic carbocycles. The number of hydrogen-bond donors (Lipinski definition) is 3. The molecule has 0 fully saturated rings. The molecule has 0 aliphatic rings. The Balaban J connectivity index is 5.48. The molecular weight excluding hydrogens is 358 g/mol. The first-order valence-corrected chi connectivity index (χ1v) is 10.7. The number of carboxylic acids is 1. The Bertz CT molecular complexity index is 438. The summed E-state index contributed by atoms with van der Waals surface area (Å²) in [6.07, 6.45) is 11.6. The van der Waals surface area contributed by atoms with Gasteiger partial charge < -0.3 is 29.7 Å². The van der Waals surface area contributed by atoms with Gasteiger partial charge in [-0.2, -0.15) is 0 Å². The highest BCUT2D eigenvalue weighted by Crippen LogP contribution is 2.20. The molecule has 0 bridgehead atoms. The number of quaternary nitrogens is 1. The molecule has 0 aromatic heterocycles. The molecule has 3 N–H and O–H groups in total. The molecule has 0 aromatic carbocycles. The van der Waals surface area contributed by atoms with Crippen molar-refractivity contribution in [2.24, 2.45) is 0 Å². The Labute approximate surface area is 170 Å². The van der Waals surface area contributed by atoms with E-state index < -0.39 is 24.2 Å². The Morgan fingerprint density at radius 3 is 1.75 bits per heavy atom. The zero-order valence-corrected chi connectivity index (χ0v) is 17.9. The van der Waals surface area contributed by atoms with Crippen LogP contribution in [0.25, 0.3) is 0 Å². The summed E-state index contributed by atoms with van der Waals surface area (Å²) in [4.78, 5) is 11.8. The lowest BCUT2D eigenvalue weighted by Crippen LogP contribution is -2.66. The van der Waals surface area contributed by atoms with Gasteiger partial charge in [0.15, 0.2) is 0 Å². The number of carboxylic acid groups (broad SMARTS) is 1. The fourth-order valence-corrected chi connectivity index (χ4v) is 3.66. The van der Waals surface area contributed by atoms with Crippen LogP contribution in [0, 0.1) is 0 Å². The third-order valence-corrected chi connectivity index (χ3v) is 5.13. The maximum absolute atomic E-state index is 11.8. The van der Waals surface area contributed by atoms with Crippen LogP contribution in [-0.2, 0) is 4.79 Å². The fourth-order valence-electron chi connectivity index (χ4n) is 3.66. The maximum atomic E-state index is 11.8. The molecule has 0 rings (SSSR count). The number of hydrogen-bond acceptors (Lipinski definition) is 5. The average Bonchev–Trinajstić information content (AvgIpc) is 2.62. The topological polar surface area (TPSA) is 101 Å². The minimum absolute atomic E-state index is 0.107. The van der Waals surface area contributed by atoms with Gasteiger partial charge in [0.05, 0.1) is 12.6 Å². The fraction of sp³-hybridized carbons (Fsp3) is 0.773. The Morgan fingerprint density at radius 1 is 0.964 bits per heavy atom. The summed E-state index contributed by atoms with van der Waals surface area (Å²) in [6.45, 7) is 6.04. The van der Waals surface area contributed by atoms with E-state index >= 15 is 0 Å². The first-order valence-electron chi connectivity index (χ1n) is 10.7. The summed E-state index contributed by atoms with van der Waals surface area (Å²) in [5.74, 6) is -1.22. The zero-order valence-electron chi connectivity index (χ0n) is 17.9. The zero-order chi connectivity index (χ0) is 21.4. The minimum atomic E-state index is -1.22. The maximum Gasteiger partial charge on any atom is 0.129 e. The number of nitrogens with zero attached hydrogens (tertiary/aromatic N) is 1. The Hall–Kier alpha value is -1.21. The van der Waals surface area contributed by atoms with E-state index in [1.54, 1.807) is 19.1 Å². The summed E-state index contributed by atoms with van der Waals surface area (Å²) in [5, 5.41) is 42.4. The molecule has 0 radical (unpaired) electrons. The van der Waals surface area contributed by atoms with Gasteiger partial charge in [-0.3, -0.25) is 0 Å². The number of carbonyl (C=O) groups excluding carboxylic acids is 1. The Kier molecular flexibility index (Phi) is 15.0. The molecule has 0 heterocycles. The molecule has 0 aliphatic heterocycles. The van der Waals surface area contributed by atoms with Crippen LogP contribution in [0.5, 0.6) is 0 Å². The molecule has 3 unspecified atom stereocenters. The summed E-state index contributed by atoms with van der Waals surface area (Å²) in [7, 11) is 0. The lowest BCUT2D eigenvalue weighted by molar-refractivity contribution is -0.949. The molecule has 6 nitrogen and oxygen atoms in total. The molecule has 28 heavy (non-hydrogen) atoms. The van der Waals surface area contributed by atoms with E-state index in [2.05, 4.69) is 13.8 Å². The van der Waals surface area contributed by atoms with Gasteiger partial charge in [0.2, 0.25) is 0 Å². The van der Waals surface area contributed by atoms with Crippen molar-refractivity contribution in [2.45, 2.75) is 84.0 Å². The predicted octanol–water partition coefficient (Wildman–Crippen LogP) is 1.54. The van der Waals surface area contributed by atoms with Gasteiger partial charge in [0.25, 0.3) is 0 Å². The third-order valence-electron chi connectivity index (χ3n) is 5.13. The monoisotopic (exact) mass is 399 g/mol. The molecule has 3 atom stereocenters. The number of aliphatic carboxylic acids is 1. The van der Waals surface area contributed by atoms with E-state index in [-0.39, 0.29) is 30.7 Å². The van der Waals surface area contributed by atoms with Crippen LogP contribution in [0.2, 0.25) is 0 Å². The minimum Gasteiger partial charge on any atom is -0.544 e. The van der Waals surface area contributed by atoms with E-state index in [1.165, 1.54) is 0 Å². The second-order valence-corrected chi connectivity index (χ2v) is 7.55. The molecule has 0 saturated carbocycles. The van der Waals surface area contributed by atoms with Gasteiger partial charge in [-0.25, -0.2) is 0 Å². The van der Waals surface area contributed by atoms with Gasteiger partial charge in [0.1, 0.15) is 37.9 Å². The van der Waals surface area contributed by atoms with Crippen LogP contribution in [0.15, 0.2) is 24.3 Å². The third kappa shape index (κ3) is 10.4. The standard InChI is InChI=1S/C22H41NO5/c1-4-7-9-11-13-19(25)17-23(15-16-24,21(6-3)22(27)28)18-20(26)14-12-10-8-5-2/h11-14,19-21,24-26H,4-10,15-18H2,1-3H3/b13-11+,14-12+. The van der Waals surface area contributed by atoms with E-state index in [9.17, 15) is 25.2 Å². The van der Waals surface area contributed by atoms with Gasteiger partial charge in [-0.15, -0.1) is 0 Å². The van der Waals surface area contributed by atoms with E-state index in [4.69, 9.17) is 0 Å². The van der Waals surface area contributed by atoms with E-state index in [0.717, 1.165) is 38.5 Å². The smallest absolute Gasteiger partial charge is 0.129 e. The normalized spacial score (nSPS) is 17.6. The van der Waals surface area contributed by atoms with Gasteiger partial charge in [0, 0.05) is 6.42 Å². The van der Waals surface area contributed by atoms with Crippen molar-refractivity contribution in [1.82, 2.24) is 0 Å². The SMILES string of the molecule is CCCC/C=C/C(O)C[N+](CCO)(CC(O)/C=C/CCCC)C(CC)C(=O)[O-]. The molecule has 6 heteroatoms. The van der Waals surface area contributed by atoms with Crippen LogP contribution in [0.1, 0.15) is 65.7 Å². The summed E-state index contributed by atoms with van der Waals surface area (Å²) >= 11 is 0. The molecular formula is C22H41NO5. The number of rotatable bonds is 17. The second kappa shape index (κ2) is 15.7. The molecule has 0 saturated heterocycles. The average molecular weight is 400 g/mol. The van der Waals surface area contributed by atoms with Crippen molar-refractivity contribution in [1.29, 1.82) is 0 Å². The number of allylic oxidation sites excluding steroid dienone is 2. The molecule has 0 amide bonds. The van der Waals surface area contributed by atoms with Crippen molar-refractivity contribution in [3.63, 3.8) is 0 Å². The van der Waals surface area contributed by atoms with Crippen molar-refractivity contribution in [2.75, 3.05) is 26.2 Å². The van der Waals surface area contributed by atoms with Crippen molar-refractivity contribution >= 4 is 5.97 Å². The number of aliphatic hydroxyl groups is 3. The summed E-state index contributed by atoms with van der Waals surface area (Å²) < 4.78 is -0.117. The Morgan fingerprint density at radius 2 is 1.43 bits per heavy atom. The largest absolute Gasteiger partial charge is 0.544 e. The lowest BCUT2D eigenvalue weighted by atomic mass is 10.0.